The van der Waals surface area contributed by atoms with Crippen molar-refractivity contribution in [2.75, 3.05) is 13.7 Å². The Morgan fingerprint density at radius 3 is 2.59 bits per heavy atom. The highest BCUT2D eigenvalue weighted by Gasteiger charge is 2.26. The summed E-state index contributed by atoms with van der Waals surface area (Å²) in [7, 11) is 1.28. The number of ether oxygens (including phenoxy) is 2. The lowest BCUT2D eigenvalue weighted by molar-refractivity contribution is -0.146. The van der Waals surface area contributed by atoms with Gasteiger partial charge in [-0.05, 0) is 18.1 Å². The number of amides is 1. The molecule has 0 bridgehead atoms. The lowest BCUT2D eigenvalue weighted by atomic mass is 9.99. The van der Waals surface area contributed by atoms with Gasteiger partial charge in [-0.25, -0.2) is 4.79 Å². The van der Waals surface area contributed by atoms with E-state index in [4.69, 9.17) is 32.7 Å². The third-order valence-electron chi connectivity index (χ3n) is 3.26. The second-order valence-corrected chi connectivity index (χ2v) is 5.58. The number of benzene rings is 1. The van der Waals surface area contributed by atoms with Gasteiger partial charge in [-0.15, -0.1) is 0 Å². The van der Waals surface area contributed by atoms with E-state index in [2.05, 4.69) is 5.32 Å². The quantitative estimate of drug-likeness (QED) is 0.769. The van der Waals surface area contributed by atoms with Crippen LogP contribution in [-0.4, -0.2) is 31.6 Å². The molecule has 2 atom stereocenters. The third kappa shape index (κ3) is 5.07. The first-order valence-electron chi connectivity index (χ1n) is 6.84. The van der Waals surface area contributed by atoms with E-state index in [0.29, 0.717) is 10.8 Å². The maximum absolute atomic E-state index is 11.9. The lowest BCUT2D eigenvalue weighted by Gasteiger charge is -2.21. The van der Waals surface area contributed by atoms with Gasteiger partial charge in [0.05, 0.1) is 12.1 Å². The molecule has 1 rings (SSSR count). The van der Waals surface area contributed by atoms with E-state index in [0.717, 1.165) is 6.42 Å². The number of carbonyl (C=O) groups is 2. The second kappa shape index (κ2) is 8.86. The molecule has 5 nitrogen and oxygen atoms in total. The fourth-order valence-electron chi connectivity index (χ4n) is 1.75. The van der Waals surface area contributed by atoms with Gasteiger partial charge >= 0.3 is 5.97 Å². The van der Waals surface area contributed by atoms with Crippen LogP contribution in [0.1, 0.15) is 20.3 Å². The number of nitrogens with one attached hydrogen (secondary N) is 1. The van der Waals surface area contributed by atoms with E-state index in [-0.39, 0.29) is 17.5 Å². The summed E-state index contributed by atoms with van der Waals surface area (Å²) >= 11 is 11.8. The largest absolute Gasteiger partial charge is 0.482 e. The molecule has 1 aromatic rings. The Morgan fingerprint density at radius 2 is 2.00 bits per heavy atom. The molecule has 0 spiro atoms. The first-order chi connectivity index (χ1) is 10.4. The predicted octanol–water partition coefficient (Wildman–Crippen LogP) is 3.08. The van der Waals surface area contributed by atoms with E-state index in [1.807, 2.05) is 13.8 Å². The Balaban J connectivity index is 2.64. The zero-order valence-electron chi connectivity index (χ0n) is 12.7. The van der Waals surface area contributed by atoms with E-state index < -0.39 is 17.9 Å². The summed E-state index contributed by atoms with van der Waals surface area (Å²) in [6.45, 7) is 3.51. The molecule has 0 aliphatic carbocycles. The van der Waals surface area contributed by atoms with Gasteiger partial charge in [0.1, 0.15) is 16.8 Å². The molecule has 0 radical (unpaired) electrons. The maximum Gasteiger partial charge on any atom is 0.328 e. The second-order valence-electron chi connectivity index (χ2n) is 4.79. The van der Waals surface area contributed by atoms with Crippen LogP contribution < -0.4 is 10.1 Å². The van der Waals surface area contributed by atoms with Crippen molar-refractivity contribution in [3.8, 4) is 5.75 Å². The molecule has 0 saturated heterocycles. The average Bonchev–Trinajstić information content (AvgIpc) is 2.52. The van der Waals surface area contributed by atoms with Crippen LogP contribution in [-0.2, 0) is 14.3 Å². The molecule has 0 heterocycles. The highest BCUT2D eigenvalue weighted by molar-refractivity contribution is 6.42. The minimum Gasteiger partial charge on any atom is -0.482 e. The average molecular weight is 348 g/mol. The number of hydrogen-bond acceptors (Lipinski definition) is 4. The Morgan fingerprint density at radius 1 is 1.32 bits per heavy atom. The first-order valence-corrected chi connectivity index (χ1v) is 7.60. The smallest absolute Gasteiger partial charge is 0.328 e. The van der Waals surface area contributed by atoms with Crippen molar-refractivity contribution >= 4 is 35.1 Å². The summed E-state index contributed by atoms with van der Waals surface area (Å²) in [5, 5.41) is 3.19. The number of hydrogen-bond donors (Lipinski definition) is 1. The van der Waals surface area contributed by atoms with Gasteiger partial charge in [0.25, 0.3) is 5.91 Å². The van der Waals surface area contributed by atoms with Crippen molar-refractivity contribution in [2.24, 2.45) is 5.92 Å². The molecular weight excluding hydrogens is 329 g/mol. The summed E-state index contributed by atoms with van der Waals surface area (Å²) < 4.78 is 10.0. The monoisotopic (exact) mass is 347 g/mol. The SMILES string of the molecule is CC[C@@H](C)[C@H](NC(=O)COc1cccc(Cl)c1Cl)C(=O)OC. The molecule has 0 unspecified atom stereocenters. The fourth-order valence-corrected chi connectivity index (χ4v) is 2.10. The summed E-state index contributed by atoms with van der Waals surface area (Å²) in [6.07, 6.45) is 0.723. The Labute approximate surface area is 139 Å². The summed E-state index contributed by atoms with van der Waals surface area (Å²) in [6, 6.07) is 4.18. The minimum absolute atomic E-state index is 0.0499. The summed E-state index contributed by atoms with van der Waals surface area (Å²) in [5.41, 5.74) is 0. The molecule has 1 amide bonds. The van der Waals surface area contributed by atoms with Crippen molar-refractivity contribution in [1.82, 2.24) is 5.32 Å². The molecule has 0 aromatic heterocycles. The molecule has 122 valence electrons. The predicted molar refractivity (Wildman–Crippen MR) is 85.4 cm³/mol. The summed E-state index contributed by atoms with van der Waals surface area (Å²) in [5.74, 6) is -0.663. The van der Waals surface area contributed by atoms with Crippen molar-refractivity contribution in [2.45, 2.75) is 26.3 Å². The first kappa shape index (κ1) is 18.6. The normalized spacial score (nSPS) is 13.1. The van der Waals surface area contributed by atoms with Crippen molar-refractivity contribution in [3.63, 3.8) is 0 Å². The number of halogens is 2. The fraction of sp³-hybridized carbons (Fsp3) is 0.467. The van der Waals surface area contributed by atoms with Gasteiger partial charge < -0.3 is 14.8 Å². The molecule has 1 N–H and O–H groups in total. The minimum atomic E-state index is -0.707. The molecule has 0 fully saturated rings. The van der Waals surface area contributed by atoms with Gasteiger partial charge in [-0.1, -0.05) is 49.5 Å². The number of rotatable bonds is 7. The van der Waals surface area contributed by atoms with Crippen LogP contribution in [0.3, 0.4) is 0 Å². The molecular formula is C15H19Cl2NO4. The molecule has 7 heteroatoms. The molecule has 0 aliphatic rings. The van der Waals surface area contributed by atoms with E-state index in [1.54, 1.807) is 18.2 Å². The number of esters is 1. The molecule has 0 aliphatic heterocycles. The van der Waals surface area contributed by atoms with Crippen molar-refractivity contribution in [3.05, 3.63) is 28.2 Å². The van der Waals surface area contributed by atoms with E-state index in [9.17, 15) is 9.59 Å². The van der Waals surface area contributed by atoms with Gasteiger partial charge in [0.15, 0.2) is 6.61 Å². The maximum atomic E-state index is 11.9. The lowest BCUT2D eigenvalue weighted by Crippen LogP contribution is -2.47. The highest BCUT2D eigenvalue weighted by atomic mass is 35.5. The molecule has 22 heavy (non-hydrogen) atoms. The molecule has 0 saturated carbocycles. The van der Waals surface area contributed by atoms with Crippen molar-refractivity contribution < 1.29 is 19.1 Å². The zero-order chi connectivity index (χ0) is 16.7. The van der Waals surface area contributed by atoms with E-state index in [1.165, 1.54) is 7.11 Å². The van der Waals surface area contributed by atoms with E-state index >= 15 is 0 Å². The molecule has 1 aromatic carbocycles. The van der Waals surface area contributed by atoms with Crippen LogP contribution in [0.5, 0.6) is 5.75 Å². The number of methoxy groups -OCH3 is 1. The van der Waals surface area contributed by atoms with Gasteiger partial charge in [0.2, 0.25) is 0 Å². The van der Waals surface area contributed by atoms with Crippen LogP contribution in [0.4, 0.5) is 0 Å². The Hall–Kier alpha value is -1.46. The van der Waals surface area contributed by atoms with Gasteiger partial charge in [-0.3, -0.25) is 4.79 Å². The van der Waals surface area contributed by atoms with Crippen LogP contribution >= 0.6 is 23.2 Å². The Bertz CT molecular complexity index is 536. The van der Waals surface area contributed by atoms with Crippen LogP contribution in [0.2, 0.25) is 10.0 Å². The van der Waals surface area contributed by atoms with Gasteiger partial charge in [0, 0.05) is 0 Å². The standard InChI is InChI=1S/C15H19Cl2NO4/c1-4-9(2)14(15(20)21-3)18-12(19)8-22-11-7-5-6-10(16)13(11)17/h5-7,9,14H,4,8H2,1-3H3,(H,18,19)/t9-,14+/m1/s1. The van der Waals surface area contributed by atoms with Gasteiger partial charge in [-0.2, -0.15) is 0 Å². The topological polar surface area (TPSA) is 64.6 Å². The zero-order valence-corrected chi connectivity index (χ0v) is 14.2. The van der Waals surface area contributed by atoms with Crippen LogP contribution in [0.25, 0.3) is 0 Å². The van der Waals surface area contributed by atoms with Crippen LogP contribution in [0, 0.1) is 5.92 Å². The Kier molecular flexibility index (Phi) is 7.48. The summed E-state index contributed by atoms with van der Waals surface area (Å²) in [4.78, 5) is 23.6. The number of carbonyl (C=O) groups excluding carboxylic acids is 2. The highest BCUT2D eigenvalue weighted by Crippen LogP contribution is 2.31. The van der Waals surface area contributed by atoms with Crippen LogP contribution in [0.15, 0.2) is 18.2 Å². The third-order valence-corrected chi connectivity index (χ3v) is 4.06. The van der Waals surface area contributed by atoms with Crippen molar-refractivity contribution in [1.29, 1.82) is 0 Å².